The predicted octanol–water partition coefficient (Wildman–Crippen LogP) is 2.36. The highest BCUT2D eigenvalue weighted by atomic mass is 19.1. The number of amides is 1. The number of nitrogen functional groups attached to an aromatic ring is 1. The lowest BCUT2D eigenvalue weighted by atomic mass is 10.0. The quantitative estimate of drug-likeness (QED) is 0.480. The van der Waals surface area contributed by atoms with Crippen molar-refractivity contribution >= 4 is 22.8 Å². The van der Waals surface area contributed by atoms with E-state index in [-0.39, 0.29) is 11.9 Å². The molecule has 0 fully saturated rings. The number of anilines is 1. The summed E-state index contributed by atoms with van der Waals surface area (Å²) in [6.45, 7) is 0. The Labute approximate surface area is 170 Å². The van der Waals surface area contributed by atoms with Crippen LogP contribution in [0.2, 0.25) is 0 Å². The summed E-state index contributed by atoms with van der Waals surface area (Å²) in [5, 5.41) is 15.2. The Kier molecular flexibility index (Phi) is 3.92. The molecule has 9 heteroatoms. The molecule has 2 heterocycles. The summed E-state index contributed by atoms with van der Waals surface area (Å²) in [6.07, 6.45) is 2.91. The van der Waals surface area contributed by atoms with Gasteiger partial charge >= 0.3 is 0 Å². The zero-order valence-corrected chi connectivity index (χ0v) is 15.7. The van der Waals surface area contributed by atoms with E-state index in [1.165, 1.54) is 29.6 Å². The zero-order valence-electron chi connectivity index (χ0n) is 15.7. The maximum Gasteiger partial charge on any atom is 0.251 e. The molecule has 4 aromatic rings. The summed E-state index contributed by atoms with van der Waals surface area (Å²) in [5.74, 6) is -2.58. The van der Waals surface area contributed by atoms with Gasteiger partial charge in [-0.05, 0) is 36.1 Å². The fourth-order valence-corrected chi connectivity index (χ4v) is 4.09. The molecule has 0 bridgehead atoms. The molecule has 0 saturated heterocycles. The average molecular weight is 404 g/mol. The van der Waals surface area contributed by atoms with Crippen molar-refractivity contribution in [2.75, 3.05) is 5.73 Å². The van der Waals surface area contributed by atoms with Gasteiger partial charge in [0.05, 0.1) is 17.0 Å². The SMILES string of the molecule is NC(=O)c1cc(-c2nn(C3Cc4ccccc4C3)c3ncnc(N)c23)cc(O)c1F. The molecule has 5 rings (SSSR count). The number of phenolic OH excluding ortho intramolecular Hbond substituents is 1. The molecular formula is C21H17FN6O2. The summed E-state index contributed by atoms with van der Waals surface area (Å²) < 4.78 is 15.9. The van der Waals surface area contributed by atoms with E-state index in [2.05, 4.69) is 22.1 Å². The Morgan fingerprint density at radius 3 is 2.53 bits per heavy atom. The Bertz CT molecular complexity index is 1310. The van der Waals surface area contributed by atoms with Crippen molar-refractivity contribution < 1.29 is 14.3 Å². The summed E-state index contributed by atoms with van der Waals surface area (Å²) in [4.78, 5) is 20.1. The summed E-state index contributed by atoms with van der Waals surface area (Å²) in [6, 6.07) is 10.6. The summed E-state index contributed by atoms with van der Waals surface area (Å²) in [5.41, 5.74) is 14.6. The zero-order chi connectivity index (χ0) is 21.0. The van der Waals surface area contributed by atoms with Gasteiger partial charge in [0.25, 0.3) is 5.91 Å². The first-order chi connectivity index (χ1) is 14.4. The third kappa shape index (κ3) is 2.66. The lowest BCUT2D eigenvalue weighted by Crippen LogP contribution is -2.13. The van der Waals surface area contributed by atoms with Crippen LogP contribution in [0.5, 0.6) is 5.75 Å². The molecular weight excluding hydrogens is 387 g/mol. The Hall–Kier alpha value is -4.01. The Morgan fingerprint density at radius 2 is 1.87 bits per heavy atom. The van der Waals surface area contributed by atoms with Crippen LogP contribution in [0.4, 0.5) is 10.2 Å². The lowest BCUT2D eigenvalue weighted by Gasteiger charge is -2.10. The van der Waals surface area contributed by atoms with Gasteiger partial charge in [-0.2, -0.15) is 5.10 Å². The molecule has 0 aliphatic heterocycles. The molecule has 150 valence electrons. The number of nitrogens with two attached hydrogens (primary N) is 2. The number of hydrogen-bond acceptors (Lipinski definition) is 6. The highest BCUT2D eigenvalue weighted by Crippen LogP contribution is 2.37. The van der Waals surface area contributed by atoms with E-state index in [4.69, 9.17) is 16.6 Å². The van der Waals surface area contributed by atoms with Gasteiger partial charge in [-0.3, -0.25) is 4.79 Å². The number of hydrogen-bond donors (Lipinski definition) is 3. The summed E-state index contributed by atoms with van der Waals surface area (Å²) in [7, 11) is 0. The van der Waals surface area contributed by atoms with E-state index in [1.54, 1.807) is 4.68 Å². The Morgan fingerprint density at radius 1 is 1.17 bits per heavy atom. The number of halogens is 1. The molecule has 2 aromatic heterocycles. The van der Waals surface area contributed by atoms with E-state index >= 15 is 0 Å². The van der Waals surface area contributed by atoms with Gasteiger partial charge in [0.15, 0.2) is 17.2 Å². The van der Waals surface area contributed by atoms with Crippen LogP contribution in [0.1, 0.15) is 27.5 Å². The summed E-state index contributed by atoms with van der Waals surface area (Å²) >= 11 is 0. The first-order valence-corrected chi connectivity index (χ1v) is 9.32. The maximum atomic E-state index is 14.1. The monoisotopic (exact) mass is 404 g/mol. The van der Waals surface area contributed by atoms with E-state index in [0.29, 0.717) is 22.3 Å². The third-order valence-electron chi connectivity index (χ3n) is 5.49. The van der Waals surface area contributed by atoms with Gasteiger partial charge in [0.1, 0.15) is 17.8 Å². The highest BCUT2D eigenvalue weighted by molar-refractivity contribution is 6.00. The second-order valence-corrected chi connectivity index (χ2v) is 7.30. The number of phenols is 1. The van der Waals surface area contributed by atoms with Crippen LogP contribution in [-0.4, -0.2) is 30.8 Å². The van der Waals surface area contributed by atoms with Crippen molar-refractivity contribution in [1.82, 2.24) is 19.7 Å². The lowest BCUT2D eigenvalue weighted by molar-refractivity contribution is 0.0995. The Balaban J connectivity index is 1.71. The number of aromatic hydroxyl groups is 1. The molecule has 1 aliphatic rings. The minimum absolute atomic E-state index is 0.0117. The molecule has 1 aliphatic carbocycles. The van der Waals surface area contributed by atoms with Gasteiger partial charge in [0.2, 0.25) is 0 Å². The molecule has 30 heavy (non-hydrogen) atoms. The van der Waals surface area contributed by atoms with Gasteiger partial charge in [0, 0.05) is 5.56 Å². The van der Waals surface area contributed by atoms with Crippen LogP contribution in [0.3, 0.4) is 0 Å². The van der Waals surface area contributed by atoms with Crippen LogP contribution in [0.15, 0.2) is 42.7 Å². The number of carbonyl (C=O) groups is 1. The van der Waals surface area contributed by atoms with E-state index < -0.39 is 23.0 Å². The first-order valence-electron chi connectivity index (χ1n) is 9.32. The van der Waals surface area contributed by atoms with Crippen LogP contribution in [-0.2, 0) is 12.8 Å². The smallest absolute Gasteiger partial charge is 0.251 e. The predicted molar refractivity (Wildman–Crippen MR) is 108 cm³/mol. The first kappa shape index (κ1) is 18.0. The molecule has 1 amide bonds. The highest BCUT2D eigenvalue weighted by Gasteiger charge is 2.28. The number of primary amides is 1. The standard InChI is InChI=1S/C21H17FN6O2/c22-17-14(20(24)30)7-12(8-15(17)29)18-16-19(23)25-9-26-21(16)28(27-18)13-5-10-3-1-2-4-11(10)6-13/h1-4,7-9,13,29H,5-6H2,(H2,24,30)(H2,23,25,26). The second kappa shape index (κ2) is 6.51. The molecule has 0 radical (unpaired) electrons. The van der Waals surface area contributed by atoms with E-state index in [0.717, 1.165) is 12.8 Å². The number of aromatic nitrogens is 4. The number of benzene rings is 2. The van der Waals surface area contributed by atoms with E-state index in [9.17, 15) is 14.3 Å². The molecule has 8 nitrogen and oxygen atoms in total. The van der Waals surface area contributed by atoms with Gasteiger partial charge in [-0.25, -0.2) is 19.0 Å². The molecule has 5 N–H and O–H groups in total. The minimum Gasteiger partial charge on any atom is -0.505 e. The fraction of sp³-hybridized carbons (Fsp3) is 0.143. The van der Waals surface area contributed by atoms with Crippen molar-refractivity contribution in [3.8, 4) is 17.0 Å². The number of carbonyl (C=O) groups excluding carboxylic acids is 1. The molecule has 2 aromatic carbocycles. The normalized spacial score (nSPS) is 13.6. The van der Waals surface area contributed by atoms with Crippen LogP contribution in [0.25, 0.3) is 22.3 Å². The third-order valence-corrected chi connectivity index (χ3v) is 5.49. The largest absolute Gasteiger partial charge is 0.505 e. The number of fused-ring (bicyclic) bond motifs is 2. The molecule has 0 atom stereocenters. The van der Waals surface area contributed by atoms with E-state index in [1.807, 2.05) is 12.1 Å². The molecule has 0 spiro atoms. The fourth-order valence-electron chi connectivity index (χ4n) is 4.09. The second-order valence-electron chi connectivity index (χ2n) is 7.30. The maximum absolute atomic E-state index is 14.1. The van der Waals surface area contributed by atoms with Crippen molar-refractivity contribution in [3.63, 3.8) is 0 Å². The number of nitrogens with zero attached hydrogens (tertiary/aromatic N) is 4. The van der Waals surface area contributed by atoms with Gasteiger partial charge in [-0.1, -0.05) is 24.3 Å². The van der Waals surface area contributed by atoms with Gasteiger partial charge in [-0.15, -0.1) is 0 Å². The van der Waals surface area contributed by atoms with Crippen molar-refractivity contribution in [3.05, 3.63) is 65.2 Å². The van der Waals surface area contributed by atoms with Crippen molar-refractivity contribution in [2.24, 2.45) is 5.73 Å². The van der Waals surface area contributed by atoms with Crippen LogP contribution >= 0.6 is 0 Å². The topological polar surface area (TPSA) is 133 Å². The van der Waals surface area contributed by atoms with Crippen molar-refractivity contribution in [2.45, 2.75) is 18.9 Å². The number of rotatable bonds is 3. The van der Waals surface area contributed by atoms with Crippen LogP contribution in [0, 0.1) is 5.82 Å². The molecule has 0 unspecified atom stereocenters. The average Bonchev–Trinajstić information content (AvgIpc) is 3.32. The van der Waals surface area contributed by atoms with Crippen molar-refractivity contribution in [1.29, 1.82) is 0 Å². The minimum atomic E-state index is -1.08. The van der Waals surface area contributed by atoms with Crippen LogP contribution < -0.4 is 11.5 Å². The van der Waals surface area contributed by atoms with Gasteiger partial charge < -0.3 is 16.6 Å². The molecule has 0 saturated carbocycles.